The van der Waals surface area contributed by atoms with E-state index in [1.54, 1.807) is 49.4 Å². The fourth-order valence-corrected chi connectivity index (χ4v) is 5.96. The summed E-state index contributed by atoms with van der Waals surface area (Å²) in [7, 11) is -4.22. The molecule has 0 aliphatic rings. The van der Waals surface area contributed by atoms with Crippen molar-refractivity contribution < 1.29 is 18.0 Å². The van der Waals surface area contributed by atoms with Crippen LogP contribution in [0, 0.1) is 0 Å². The lowest BCUT2D eigenvalue weighted by Gasteiger charge is -2.32. The molecule has 0 fully saturated rings. The summed E-state index contributed by atoms with van der Waals surface area (Å²) in [6, 6.07) is 18.1. The number of nitrogens with one attached hydrogen (secondary N) is 1. The molecule has 208 valence electrons. The molecule has 0 spiro atoms. The summed E-state index contributed by atoms with van der Waals surface area (Å²) in [5, 5.41) is 3.75. The van der Waals surface area contributed by atoms with Crippen LogP contribution in [0.15, 0.2) is 77.7 Å². The highest BCUT2D eigenvalue weighted by molar-refractivity contribution is 7.92. The number of sulfonamides is 1. The van der Waals surface area contributed by atoms with E-state index < -0.39 is 28.5 Å². The topological polar surface area (TPSA) is 86.8 Å². The normalized spacial score (nSPS) is 12.0. The van der Waals surface area contributed by atoms with E-state index in [0.717, 1.165) is 22.7 Å². The summed E-state index contributed by atoms with van der Waals surface area (Å²) >= 11 is 18.5. The molecule has 0 radical (unpaired) electrons. The molecule has 39 heavy (non-hydrogen) atoms. The Morgan fingerprint density at radius 3 is 2.18 bits per heavy atom. The van der Waals surface area contributed by atoms with Crippen LogP contribution in [0.1, 0.15) is 32.3 Å². The second kappa shape index (κ2) is 14.0. The fraction of sp³-hybridized carbons (Fsp3) is 0.286. The first-order valence-corrected chi connectivity index (χ1v) is 15.0. The molecule has 1 atom stereocenters. The molecular weight excluding hydrogens is 581 g/mol. The summed E-state index contributed by atoms with van der Waals surface area (Å²) in [6.45, 7) is 3.55. The average molecular weight is 611 g/mol. The minimum atomic E-state index is -4.22. The van der Waals surface area contributed by atoms with E-state index in [4.69, 9.17) is 34.8 Å². The van der Waals surface area contributed by atoms with Crippen molar-refractivity contribution in [2.45, 2.75) is 44.2 Å². The molecule has 3 aromatic carbocycles. The SMILES string of the molecule is CCCCNC(=O)C(C)N(Cc1ccc(Cl)cc1)C(=O)CN(c1ccc(Cl)cc1Cl)S(=O)(=O)c1ccccc1. The quantitative estimate of drug-likeness (QED) is 0.248. The van der Waals surface area contributed by atoms with Gasteiger partial charge < -0.3 is 10.2 Å². The fourth-order valence-electron chi connectivity index (χ4n) is 3.82. The number of benzene rings is 3. The number of anilines is 1. The number of carbonyl (C=O) groups is 2. The van der Waals surface area contributed by atoms with Crippen LogP contribution in [0.2, 0.25) is 15.1 Å². The number of halogens is 3. The number of hydrogen-bond acceptors (Lipinski definition) is 4. The predicted octanol–water partition coefficient (Wildman–Crippen LogP) is 6.18. The van der Waals surface area contributed by atoms with Gasteiger partial charge in [0.1, 0.15) is 12.6 Å². The van der Waals surface area contributed by atoms with Crippen LogP contribution in [0.4, 0.5) is 5.69 Å². The number of hydrogen-bond donors (Lipinski definition) is 1. The lowest BCUT2D eigenvalue weighted by molar-refractivity contribution is -0.139. The molecule has 0 saturated carbocycles. The Kier molecular flexibility index (Phi) is 11.1. The van der Waals surface area contributed by atoms with Crippen molar-refractivity contribution in [2.75, 3.05) is 17.4 Å². The van der Waals surface area contributed by atoms with Crippen molar-refractivity contribution in [1.29, 1.82) is 0 Å². The third-order valence-electron chi connectivity index (χ3n) is 6.05. The standard InChI is InChI=1S/C28H30Cl3N3O4S/c1-3-4-16-32-28(36)20(2)33(18-21-10-12-22(29)13-11-21)27(35)19-34(26-15-14-23(30)17-25(26)31)39(37,38)24-8-6-5-7-9-24/h5-15,17,20H,3-4,16,18-19H2,1-2H3,(H,32,36). The Labute approximate surface area is 244 Å². The molecule has 1 N–H and O–H groups in total. The maximum Gasteiger partial charge on any atom is 0.264 e. The largest absolute Gasteiger partial charge is 0.354 e. The first kappa shape index (κ1) is 30.8. The first-order chi connectivity index (χ1) is 18.5. The number of nitrogens with zero attached hydrogens (tertiary/aromatic N) is 2. The van der Waals surface area contributed by atoms with Crippen molar-refractivity contribution in [2.24, 2.45) is 0 Å². The van der Waals surface area contributed by atoms with E-state index in [-0.39, 0.29) is 28.1 Å². The Bertz CT molecular complexity index is 1390. The molecule has 1 unspecified atom stereocenters. The predicted molar refractivity (Wildman–Crippen MR) is 157 cm³/mol. The van der Waals surface area contributed by atoms with E-state index >= 15 is 0 Å². The zero-order valence-electron chi connectivity index (χ0n) is 21.6. The van der Waals surface area contributed by atoms with Gasteiger partial charge >= 0.3 is 0 Å². The van der Waals surface area contributed by atoms with E-state index in [9.17, 15) is 18.0 Å². The van der Waals surface area contributed by atoms with Crippen molar-refractivity contribution in [3.63, 3.8) is 0 Å². The Hall–Kier alpha value is -2.78. The van der Waals surface area contributed by atoms with Crippen molar-refractivity contribution >= 4 is 62.3 Å². The van der Waals surface area contributed by atoms with Crippen LogP contribution >= 0.6 is 34.8 Å². The highest BCUT2D eigenvalue weighted by Gasteiger charge is 2.33. The van der Waals surface area contributed by atoms with Gasteiger partial charge in [0.2, 0.25) is 11.8 Å². The van der Waals surface area contributed by atoms with Gasteiger partial charge in [0, 0.05) is 23.1 Å². The molecule has 0 saturated heterocycles. The van der Waals surface area contributed by atoms with Crippen molar-refractivity contribution in [3.8, 4) is 0 Å². The molecule has 0 heterocycles. The zero-order chi connectivity index (χ0) is 28.6. The molecule has 0 aliphatic carbocycles. The summed E-state index contributed by atoms with van der Waals surface area (Å²) in [6.07, 6.45) is 1.69. The van der Waals surface area contributed by atoms with Crippen LogP contribution in [-0.2, 0) is 26.2 Å². The second-order valence-electron chi connectivity index (χ2n) is 8.89. The van der Waals surface area contributed by atoms with E-state index in [1.807, 2.05) is 6.92 Å². The van der Waals surface area contributed by atoms with Gasteiger partial charge in [-0.2, -0.15) is 0 Å². The maximum absolute atomic E-state index is 13.9. The Balaban J connectivity index is 2.01. The van der Waals surface area contributed by atoms with Gasteiger partial charge in [0.15, 0.2) is 0 Å². The summed E-state index contributed by atoms with van der Waals surface area (Å²) in [5.41, 5.74) is 0.813. The molecule has 11 heteroatoms. The van der Waals surface area contributed by atoms with Gasteiger partial charge in [-0.1, -0.05) is 78.5 Å². The van der Waals surface area contributed by atoms with Gasteiger partial charge in [-0.15, -0.1) is 0 Å². The minimum absolute atomic E-state index is 0.0153. The highest BCUT2D eigenvalue weighted by Crippen LogP contribution is 2.33. The molecule has 0 aliphatic heterocycles. The van der Waals surface area contributed by atoms with Crippen molar-refractivity contribution in [3.05, 3.63) is 93.4 Å². The minimum Gasteiger partial charge on any atom is -0.354 e. The second-order valence-corrected chi connectivity index (χ2v) is 12.0. The Morgan fingerprint density at radius 2 is 1.56 bits per heavy atom. The number of rotatable bonds is 12. The van der Waals surface area contributed by atoms with E-state index in [2.05, 4.69) is 5.32 Å². The number of amides is 2. The average Bonchev–Trinajstić information content (AvgIpc) is 2.91. The van der Waals surface area contributed by atoms with Gasteiger partial charge in [-0.3, -0.25) is 13.9 Å². The van der Waals surface area contributed by atoms with Crippen LogP contribution in [0.25, 0.3) is 0 Å². The highest BCUT2D eigenvalue weighted by atomic mass is 35.5. The number of carbonyl (C=O) groups excluding carboxylic acids is 2. The lowest BCUT2D eigenvalue weighted by Crippen LogP contribution is -2.51. The molecule has 7 nitrogen and oxygen atoms in total. The smallest absolute Gasteiger partial charge is 0.264 e. The molecule has 2 amide bonds. The number of unbranched alkanes of at least 4 members (excludes halogenated alkanes) is 1. The summed E-state index contributed by atoms with van der Waals surface area (Å²) < 4.78 is 28.5. The molecule has 0 bridgehead atoms. The molecule has 3 rings (SSSR count). The van der Waals surface area contributed by atoms with Gasteiger partial charge in [0.25, 0.3) is 10.0 Å². The molecule has 3 aromatic rings. The van der Waals surface area contributed by atoms with Crippen LogP contribution < -0.4 is 9.62 Å². The Morgan fingerprint density at radius 1 is 0.923 bits per heavy atom. The summed E-state index contributed by atoms with van der Waals surface area (Å²) in [5.74, 6) is -0.929. The molecule has 0 aromatic heterocycles. The third-order valence-corrected chi connectivity index (χ3v) is 8.62. The van der Waals surface area contributed by atoms with Gasteiger partial charge in [-0.05, 0) is 61.4 Å². The van der Waals surface area contributed by atoms with E-state index in [0.29, 0.717) is 16.6 Å². The zero-order valence-corrected chi connectivity index (χ0v) is 24.7. The van der Waals surface area contributed by atoms with Gasteiger partial charge in [-0.25, -0.2) is 8.42 Å². The molecular formula is C28H30Cl3N3O4S. The maximum atomic E-state index is 13.9. The van der Waals surface area contributed by atoms with Crippen LogP contribution in [-0.4, -0.2) is 44.3 Å². The van der Waals surface area contributed by atoms with Crippen LogP contribution in [0.3, 0.4) is 0 Å². The first-order valence-electron chi connectivity index (χ1n) is 12.4. The van der Waals surface area contributed by atoms with E-state index in [1.165, 1.54) is 35.2 Å². The van der Waals surface area contributed by atoms with Crippen LogP contribution in [0.5, 0.6) is 0 Å². The lowest BCUT2D eigenvalue weighted by atomic mass is 10.1. The third kappa shape index (κ3) is 8.11. The monoisotopic (exact) mass is 609 g/mol. The summed E-state index contributed by atoms with van der Waals surface area (Å²) in [4.78, 5) is 28.2. The van der Waals surface area contributed by atoms with Gasteiger partial charge in [0.05, 0.1) is 15.6 Å². The van der Waals surface area contributed by atoms with Crippen molar-refractivity contribution in [1.82, 2.24) is 10.2 Å².